The summed E-state index contributed by atoms with van der Waals surface area (Å²) in [4.78, 5) is 127. The van der Waals surface area contributed by atoms with Gasteiger partial charge in [-0.2, -0.15) is 5.26 Å². The van der Waals surface area contributed by atoms with Crippen molar-refractivity contribution < 1.29 is 67.5 Å². The minimum Gasteiger partial charge on any atom is -0.494 e. The van der Waals surface area contributed by atoms with Crippen LogP contribution in [0.5, 0.6) is 5.75 Å². The highest BCUT2D eigenvalue weighted by Gasteiger charge is 2.54. The van der Waals surface area contributed by atoms with Gasteiger partial charge in [0.2, 0.25) is 5.91 Å². The maximum Gasteiger partial charge on any atom is 0.317 e. The predicted octanol–water partition coefficient (Wildman–Crippen LogP) is 0.295. The number of hydrogen-bond donors (Lipinski definition) is 8. The number of halogens is 2. The molecule has 2 saturated heterocycles. The van der Waals surface area contributed by atoms with E-state index in [0.717, 1.165) is 4.90 Å². The first-order valence-electron chi connectivity index (χ1n) is 27.2. The molecule has 3 heterocycles. The Morgan fingerprint density at radius 1 is 0.815 bits per heavy atom. The molecule has 0 spiro atoms. The van der Waals surface area contributed by atoms with Crippen molar-refractivity contribution in [2.75, 3.05) is 122 Å². The van der Waals surface area contributed by atoms with E-state index >= 15 is 0 Å². The lowest BCUT2D eigenvalue weighted by Crippen LogP contribution is -2.59. The van der Waals surface area contributed by atoms with Gasteiger partial charge in [-0.05, 0) is 75.6 Å². The number of fused-ring (bicyclic) bond motifs is 1. The van der Waals surface area contributed by atoms with Crippen molar-refractivity contribution in [1.29, 1.82) is 5.26 Å². The minimum atomic E-state index is -3.20. The summed E-state index contributed by atoms with van der Waals surface area (Å²) < 4.78 is 33.7. The Morgan fingerprint density at radius 2 is 1.37 bits per heavy atom. The molecule has 1 saturated carbocycles. The van der Waals surface area contributed by atoms with Gasteiger partial charge in [-0.25, -0.2) is 8.78 Å². The van der Waals surface area contributed by atoms with E-state index in [9.17, 15) is 77.6 Å². The number of aliphatic carboxylic acids is 3. The topological polar surface area (TPSA) is 345 Å². The number of rotatable bonds is 27. The lowest BCUT2D eigenvalue weighted by molar-refractivity contribution is -0.141. The molecule has 0 bridgehead atoms. The number of nitrogens with one attached hydrogen (secondary N) is 4. The van der Waals surface area contributed by atoms with Crippen molar-refractivity contribution in [3.63, 3.8) is 0 Å². The normalized spacial score (nSPS) is 22.3. The molecule has 2 amide bonds. The summed E-state index contributed by atoms with van der Waals surface area (Å²) in [6, 6.07) is 5.82. The highest BCUT2D eigenvalue weighted by Crippen LogP contribution is 2.39. The van der Waals surface area contributed by atoms with Crippen LogP contribution in [0.25, 0.3) is 10.9 Å². The number of pyridine rings is 1. The molecule has 2 aromatic carbocycles. The van der Waals surface area contributed by atoms with E-state index in [2.05, 4.69) is 26.3 Å². The fourth-order valence-electron chi connectivity index (χ4n) is 10.7. The molecule has 2 aliphatic heterocycles. The van der Waals surface area contributed by atoms with Gasteiger partial charge in [0.05, 0.1) is 74.6 Å². The number of ketones is 2. The summed E-state index contributed by atoms with van der Waals surface area (Å²) in [5, 5.41) is 61.9. The number of nitrogens with zero attached hydrogens (tertiary/aromatic N) is 7. The van der Waals surface area contributed by atoms with Gasteiger partial charge in [-0.1, -0.05) is 13.8 Å². The van der Waals surface area contributed by atoms with Crippen LogP contribution in [0, 0.1) is 17.2 Å². The fourth-order valence-corrected chi connectivity index (χ4v) is 10.7. The summed E-state index contributed by atoms with van der Waals surface area (Å²) in [5.41, 5.74) is -3.66. The number of ether oxygens (including phenoxy) is 1. The van der Waals surface area contributed by atoms with E-state index < -0.39 is 101 Å². The maximum atomic E-state index is 14.3. The molecule has 1 aromatic heterocycles. The van der Waals surface area contributed by atoms with Crippen LogP contribution in [0.3, 0.4) is 0 Å². The number of likely N-dealkylation sites (tertiary alicyclic amines) is 1. The molecule has 442 valence electrons. The van der Waals surface area contributed by atoms with Crippen molar-refractivity contribution in [3.8, 4) is 11.8 Å². The molecule has 0 radical (unpaired) electrons. The smallest absolute Gasteiger partial charge is 0.317 e. The summed E-state index contributed by atoms with van der Waals surface area (Å²) >= 11 is 0. The van der Waals surface area contributed by atoms with E-state index in [4.69, 9.17) is 4.74 Å². The predicted molar refractivity (Wildman–Crippen MR) is 290 cm³/mol. The van der Waals surface area contributed by atoms with Gasteiger partial charge < -0.3 is 46.0 Å². The molecule has 6 rings (SSSR count). The number of aromatic nitrogens is 1. The number of amides is 2. The fraction of sp³-hybridized carbons (Fsp3) is 0.611. The number of hydrogen-bond acceptors (Lipinski definition) is 20. The van der Waals surface area contributed by atoms with Crippen molar-refractivity contribution in [2.45, 2.75) is 94.9 Å². The standard InChI is InChI=1S/C54H73F2N11O14/c1-4-52(3,41(68)29-63-15-17-64(30-43(70)71)19-21-66(32-45(74)75)22-20-65(18-16-63)31-44(72)73)62-40-24-34(54(80,5-2)50(40)78)10-13-60-47-46(48(76)49(47)77)59-12-6-7-23-81-36-8-9-39-38(25-36)37(11-14-58-39)51(79)61-28-42(69)67-33-53(55,56)26-35(67)27-57/h8-9,11,14,25,34-35,40,59-60,62,80H,4-7,10,12-13,15-24,26,28-33H2,1-3H3,(H,61,79)(H,70,71)(H,72,73)(H,74,75)/t34?,35-,40?,52?,54?/m0/s1. The molecule has 8 N–H and O–H groups in total. The van der Waals surface area contributed by atoms with Crippen LogP contribution in [-0.2, 0) is 28.8 Å². The maximum absolute atomic E-state index is 14.3. The molecule has 27 heteroatoms. The molecule has 4 unspecified atom stereocenters. The van der Waals surface area contributed by atoms with Crippen molar-refractivity contribution in [2.24, 2.45) is 5.92 Å². The lowest BCUT2D eigenvalue weighted by atomic mass is 9.85. The summed E-state index contributed by atoms with van der Waals surface area (Å²) in [6.45, 7) is 4.91. The number of benzene rings is 1. The minimum absolute atomic E-state index is 0.0725. The number of Topliss-reactive ketones (excluding diaryl/α,β-unsaturated/α-hetero) is 2. The summed E-state index contributed by atoms with van der Waals surface area (Å²) in [6.07, 6.45) is 2.36. The summed E-state index contributed by atoms with van der Waals surface area (Å²) in [7, 11) is 0. The third kappa shape index (κ3) is 16.5. The third-order valence-corrected chi connectivity index (χ3v) is 15.6. The van der Waals surface area contributed by atoms with Crippen LogP contribution in [0.2, 0.25) is 0 Å². The highest BCUT2D eigenvalue weighted by molar-refractivity contribution is 6.07. The Morgan fingerprint density at radius 3 is 1.90 bits per heavy atom. The number of aliphatic hydroxyl groups is 1. The van der Waals surface area contributed by atoms with Gasteiger partial charge in [0.15, 0.2) is 11.6 Å². The van der Waals surface area contributed by atoms with Crippen LogP contribution >= 0.6 is 0 Å². The molecular weight excluding hydrogens is 1060 g/mol. The molecule has 1 aliphatic carbocycles. The second kappa shape index (κ2) is 28.1. The van der Waals surface area contributed by atoms with E-state index in [1.165, 1.54) is 12.3 Å². The van der Waals surface area contributed by atoms with Gasteiger partial charge in [0.25, 0.3) is 22.7 Å². The molecule has 81 heavy (non-hydrogen) atoms. The SMILES string of the molecule is CCC(C)(NC1CC(CCNc2c(NCCCCOc3ccc4nccc(C(=O)NCC(=O)N5CC(F)(F)C[C@H]5C#N)c4c3)c(=O)c2=O)C(O)(CC)C1=O)C(=O)CN1CCN(CC(=O)O)CCN(CC(=O)O)CCN(CC(=O)O)CC1. The second-order valence-electron chi connectivity index (χ2n) is 21.2. The number of unbranched alkanes of at least 4 members (excludes halogenated alkanes) is 1. The molecule has 3 aliphatic rings. The number of alkyl halides is 2. The average Bonchev–Trinajstić information content (AvgIpc) is 3.91. The van der Waals surface area contributed by atoms with E-state index in [-0.39, 0.29) is 140 Å². The van der Waals surface area contributed by atoms with Gasteiger partial charge >= 0.3 is 17.9 Å². The van der Waals surface area contributed by atoms with E-state index in [1.807, 2.05) is 4.90 Å². The zero-order valence-electron chi connectivity index (χ0n) is 45.8. The molecule has 5 atom stereocenters. The van der Waals surface area contributed by atoms with Crippen LogP contribution in [0.15, 0.2) is 40.1 Å². The van der Waals surface area contributed by atoms with Crippen LogP contribution in [0.1, 0.15) is 76.1 Å². The zero-order chi connectivity index (χ0) is 59.2. The quantitative estimate of drug-likeness (QED) is 0.0376. The molecule has 25 nitrogen and oxygen atoms in total. The van der Waals surface area contributed by atoms with Gasteiger partial charge in [0, 0.05) is 83.5 Å². The monoisotopic (exact) mass is 1140 g/mol. The van der Waals surface area contributed by atoms with E-state index in [1.54, 1.807) is 59.7 Å². The first-order chi connectivity index (χ1) is 38.4. The van der Waals surface area contributed by atoms with Crippen LogP contribution in [-0.4, -0.2) is 232 Å². The Balaban J connectivity index is 0.985. The lowest BCUT2D eigenvalue weighted by Gasteiger charge is -2.36. The third-order valence-electron chi connectivity index (χ3n) is 15.6. The molecule has 3 fully saturated rings. The molecule has 3 aromatic rings. The zero-order valence-corrected chi connectivity index (χ0v) is 45.8. The van der Waals surface area contributed by atoms with Crippen molar-refractivity contribution >= 4 is 63.6 Å². The average molecular weight is 1140 g/mol. The number of carbonyl (C=O) groups is 7. The van der Waals surface area contributed by atoms with Crippen molar-refractivity contribution in [1.82, 2.24) is 40.1 Å². The van der Waals surface area contributed by atoms with Crippen LogP contribution < -0.4 is 36.9 Å². The first kappa shape index (κ1) is 63.1. The van der Waals surface area contributed by atoms with E-state index in [0.29, 0.717) is 36.0 Å². The van der Waals surface area contributed by atoms with Gasteiger partial charge in [-0.15, -0.1) is 0 Å². The number of nitriles is 1. The Kier molecular flexibility index (Phi) is 21.9. The van der Waals surface area contributed by atoms with Gasteiger partial charge in [-0.3, -0.25) is 73.1 Å². The number of carbonyl (C=O) groups excluding carboxylic acids is 4. The largest absolute Gasteiger partial charge is 0.494 e. The highest BCUT2D eigenvalue weighted by atomic mass is 19.3. The second-order valence-corrected chi connectivity index (χ2v) is 21.2. The Bertz CT molecular complexity index is 2870. The van der Waals surface area contributed by atoms with Gasteiger partial charge in [0.1, 0.15) is 28.8 Å². The van der Waals surface area contributed by atoms with Crippen LogP contribution in [0.4, 0.5) is 20.2 Å². The number of anilines is 2. The Hall–Kier alpha value is -7.09. The first-order valence-corrected chi connectivity index (χ1v) is 27.2. The number of carboxylic acid groups (broad SMARTS) is 3. The summed E-state index contributed by atoms with van der Waals surface area (Å²) in [5.74, 6) is -8.87. The molecular formula is C54H73F2N11O14. The van der Waals surface area contributed by atoms with Crippen molar-refractivity contribution in [3.05, 3.63) is 56.5 Å². The number of carboxylic acids is 3. The Labute approximate surface area is 466 Å².